The van der Waals surface area contributed by atoms with Crippen LogP contribution in [0.15, 0.2) is 0 Å². The lowest BCUT2D eigenvalue weighted by molar-refractivity contribution is 0.170. The van der Waals surface area contributed by atoms with Crippen molar-refractivity contribution in [3.63, 3.8) is 0 Å². The Morgan fingerprint density at radius 1 is 1.40 bits per heavy atom. The molecule has 15 heavy (non-hydrogen) atoms. The normalized spacial score (nSPS) is 23.2. The summed E-state index contributed by atoms with van der Waals surface area (Å²) in [6.45, 7) is 9.63. The molecule has 0 aromatic carbocycles. The van der Waals surface area contributed by atoms with Crippen LogP contribution in [0, 0.1) is 0 Å². The highest BCUT2D eigenvalue weighted by Gasteiger charge is 2.30. The molecule has 0 saturated carbocycles. The fourth-order valence-corrected chi connectivity index (χ4v) is 2.66. The van der Waals surface area contributed by atoms with Gasteiger partial charge in [-0.2, -0.15) is 0 Å². The fraction of sp³-hybridized carbons (Fsp3) is 1.00. The summed E-state index contributed by atoms with van der Waals surface area (Å²) in [6.07, 6.45) is 6.66. The van der Waals surface area contributed by atoms with Crippen LogP contribution < -0.4 is 5.32 Å². The zero-order valence-corrected chi connectivity index (χ0v) is 11.0. The molecule has 1 atom stereocenters. The predicted octanol–water partition coefficient (Wildman–Crippen LogP) is 2.64. The van der Waals surface area contributed by atoms with Gasteiger partial charge < -0.3 is 5.32 Å². The molecule has 1 aliphatic heterocycles. The molecule has 0 aliphatic carbocycles. The summed E-state index contributed by atoms with van der Waals surface area (Å²) in [5, 5.41) is 3.38. The van der Waals surface area contributed by atoms with E-state index in [1.807, 2.05) is 0 Å². The Hall–Kier alpha value is -0.0800. The predicted molar refractivity (Wildman–Crippen MR) is 67.3 cm³/mol. The lowest BCUT2D eigenvalue weighted by Crippen LogP contribution is -2.39. The van der Waals surface area contributed by atoms with Gasteiger partial charge in [0.1, 0.15) is 0 Å². The minimum Gasteiger partial charge on any atom is -0.317 e. The van der Waals surface area contributed by atoms with Gasteiger partial charge in [-0.05, 0) is 66.1 Å². The number of likely N-dealkylation sites (tertiary alicyclic amines) is 1. The van der Waals surface area contributed by atoms with Gasteiger partial charge in [-0.25, -0.2) is 0 Å². The Bertz CT molecular complexity index is 173. The summed E-state index contributed by atoms with van der Waals surface area (Å²) in [6, 6.07) is 0.718. The molecule has 0 aromatic heterocycles. The van der Waals surface area contributed by atoms with Crippen LogP contribution in [0.5, 0.6) is 0 Å². The molecule has 1 aliphatic rings. The first-order chi connectivity index (χ1) is 7.10. The van der Waals surface area contributed by atoms with Crippen LogP contribution in [0.4, 0.5) is 0 Å². The number of nitrogens with zero attached hydrogens (tertiary/aromatic N) is 1. The van der Waals surface area contributed by atoms with Gasteiger partial charge in [0.25, 0.3) is 0 Å². The van der Waals surface area contributed by atoms with Gasteiger partial charge in [-0.1, -0.05) is 6.92 Å². The van der Waals surface area contributed by atoms with E-state index in [2.05, 4.69) is 38.0 Å². The summed E-state index contributed by atoms with van der Waals surface area (Å²) < 4.78 is 0. The monoisotopic (exact) mass is 212 g/mol. The molecule has 0 radical (unpaired) electrons. The molecule has 1 fully saturated rings. The summed E-state index contributed by atoms with van der Waals surface area (Å²) >= 11 is 0. The second kappa shape index (κ2) is 5.86. The number of hydrogen-bond acceptors (Lipinski definition) is 2. The van der Waals surface area contributed by atoms with Crippen LogP contribution in [-0.4, -0.2) is 36.6 Å². The third-order valence-corrected chi connectivity index (χ3v) is 3.95. The molecule has 2 heteroatoms. The zero-order chi connectivity index (χ0) is 11.3. The van der Waals surface area contributed by atoms with Crippen molar-refractivity contribution in [3.8, 4) is 0 Å². The molecular weight excluding hydrogens is 184 g/mol. The number of rotatable bonds is 6. The van der Waals surface area contributed by atoms with Gasteiger partial charge in [0.2, 0.25) is 0 Å². The van der Waals surface area contributed by atoms with Crippen LogP contribution in [-0.2, 0) is 0 Å². The molecule has 90 valence electrons. The highest BCUT2D eigenvalue weighted by molar-refractivity contribution is 4.87. The Labute approximate surface area is 95.4 Å². The van der Waals surface area contributed by atoms with Crippen molar-refractivity contribution in [1.29, 1.82) is 0 Å². The van der Waals surface area contributed by atoms with Crippen molar-refractivity contribution >= 4 is 0 Å². The molecule has 0 spiro atoms. The second-order valence-electron chi connectivity index (χ2n) is 5.44. The van der Waals surface area contributed by atoms with Gasteiger partial charge >= 0.3 is 0 Å². The number of hydrogen-bond donors (Lipinski definition) is 1. The SMILES string of the molecule is CCC(CCCN1CCCC1(C)C)NC. The third kappa shape index (κ3) is 3.76. The minimum absolute atomic E-state index is 0.460. The molecular formula is C13H28N2. The molecule has 1 saturated heterocycles. The first-order valence-corrected chi connectivity index (χ1v) is 6.52. The molecule has 1 rings (SSSR count). The van der Waals surface area contributed by atoms with Gasteiger partial charge in [0.05, 0.1) is 0 Å². The van der Waals surface area contributed by atoms with Crippen LogP contribution >= 0.6 is 0 Å². The van der Waals surface area contributed by atoms with Gasteiger partial charge in [-0.3, -0.25) is 4.90 Å². The Kier molecular flexibility index (Phi) is 5.07. The number of nitrogens with one attached hydrogen (secondary N) is 1. The van der Waals surface area contributed by atoms with E-state index in [-0.39, 0.29) is 0 Å². The summed E-state index contributed by atoms with van der Waals surface area (Å²) in [5.74, 6) is 0. The second-order valence-corrected chi connectivity index (χ2v) is 5.44. The maximum Gasteiger partial charge on any atom is 0.0153 e. The van der Waals surface area contributed by atoms with E-state index in [9.17, 15) is 0 Å². The van der Waals surface area contributed by atoms with Crippen LogP contribution in [0.25, 0.3) is 0 Å². The van der Waals surface area contributed by atoms with Crippen molar-refractivity contribution in [3.05, 3.63) is 0 Å². The van der Waals surface area contributed by atoms with E-state index >= 15 is 0 Å². The Morgan fingerprint density at radius 2 is 2.13 bits per heavy atom. The third-order valence-electron chi connectivity index (χ3n) is 3.95. The first kappa shape index (κ1) is 13.0. The molecule has 1 N–H and O–H groups in total. The zero-order valence-electron chi connectivity index (χ0n) is 11.0. The smallest absolute Gasteiger partial charge is 0.0153 e. The lowest BCUT2D eigenvalue weighted by atomic mass is 10.0. The van der Waals surface area contributed by atoms with E-state index < -0.39 is 0 Å². The van der Waals surface area contributed by atoms with Crippen LogP contribution in [0.1, 0.15) is 52.9 Å². The van der Waals surface area contributed by atoms with Crippen molar-refractivity contribution < 1.29 is 0 Å². The highest BCUT2D eigenvalue weighted by atomic mass is 15.2. The van der Waals surface area contributed by atoms with E-state index in [0.717, 1.165) is 6.04 Å². The van der Waals surface area contributed by atoms with Gasteiger partial charge in [0.15, 0.2) is 0 Å². The maximum atomic E-state index is 3.38. The molecule has 0 amide bonds. The summed E-state index contributed by atoms with van der Waals surface area (Å²) in [4.78, 5) is 2.66. The molecule has 2 nitrogen and oxygen atoms in total. The van der Waals surface area contributed by atoms with E-state index in [4.69, 9.17) is 0 Å². The van der Waals surface area contributed by atoms with Crippen molar-refractivity contribution in [1.82, 2.24) is 10.2 Å². The first-order valence-electron chi connectivity index (χ1n) is 6.52. The van der Waals surface area contributed by atoms with E-state index in [1.54, 1.807) is 0 Å². The topological polar surface area (TPSA) is 15.3 Å². The standard InChI is InChI=1S/C13H28N2/c1-5-12(14-4)8-6-10-15-11-7-9-13(15,2)3/h12,14H,5-11H2,1-4H3. The molecule has 1 heterocycles. The fourth-order valence-electron chi connectivity index (χ4n) is 2.66. The van der Waals surface area contributed by atoms with Gasteiger partial charge in [0, 0.05) is 11.6 Å². The molecule has 1 unspecified atom stereocenters. The molecule has 0 aromatic rings. The van der Waals surface area contributed by atoms with Crippen LogP contribution in [0.3, 0.4) is 0 Å². The quantitative estimate of drug-likeness (QED) is 0.728. The van der Waals surface area contributed by atoms with E-state index in [1.165, 1.54) is 45.2 Å². The minimum atomic E-state index is 0.460. The van der Waals surface area contributed by atoms with Crippen molar-refractivity contribution in [2.75, 3.05) is 20.1 Å². The lowest BCUT2D eigenvalue weighted by Gasteiger charge is -2.31. The van der Waals surface area contributed by atoms with Crippen molar-refractivity contribution in [2.45, 2.75) is 64.5 Å². The average Bonchev–Trinajstić information content (AvgIpc) is 2.53. The van der Waals surface area contributed by atoms with Crippen LogP contribution in [0.2, 0.25) is 0 Å². The van der Waals surface area contributed by atoms with Crippen molar-refractivity contribution in [2.24, 2.45) is 0 Å². The highest BCUT2D eigenvalue weighted by Crippen LogP contribution is 2.28. The Morgan fingerprint density at radius 3 is 2.60 bits per heavy atom. The summed E-state index contributed by atoms with van der Waals surface area (Å²) in [7, 11) is 2.08. The maximum absolute atomic E-state index is 3.38. The van der Waals surface area contributed by atoms with E-state index in [0.29, 0.717) is 5.54 Å². The van der Waals surface area contributed by atoms with Gasteiger partial charge in [-0.15, -0.1) is 0 Å². The largest absolute Gasteiger partial charge is 0.317 e. The molecule has 0 bridgehead atoms. The summed E-state index contributed by atoms with van der Waals surface area (Å²) in [5.41, 5.74) is 0.460. The average molecular weight is 212 g/mol. The Balaban J connectivity index is 2.20.